The second-order valence-corrected chi connectivity index (χ2v) is 7.65. The summed E-state index contributed by atoms with van der Waals surface area (Å²) in [6.07, 6.45) is 1.51. The highest BCUT2D eigenvalue weighted by Gasteiger charge is 2.22. The van der Waals surface area contributed by atoms with Crippen LogP contribution in [0.4, 0.5) is 11.7 Å². The van der Waals surface area contributed by atoms with Crippen LogP contribution in [-0.2, 0) is 4.79 Å². The Bertz CT molecular complexity index is 1210. The van der Waals surface area contributed by atoms with Crippen LogP contribution in [0.15, 0.2) is 40.0 Å². The van der Waals surface area contributed by atoms with Gasteiger partial charge in [0.15, 0.2) is 0 Å². The number of carbonyl (C=O) groups is 1. The van der Waals surface area contributed by atoms with E-state index in [1.165, 1.54) is 11.0 Å². The number of carbonyl (C=O) groups excluding carboxylic acids is 1. The Balaban J connectivity index is 1.87. The van der Waals surface area contributed by atoms with Gasteiger partial charge in [0.25, 0.3) is 6.20 Å². The van der Waals surface area contributed by atoms with Crippen molar-refractivity contribution in [1.29, 1.82) is 10.5 Å². The van der Waals surface area contributed by atoms with E-state index < -0.39 is 0 Å². The number of aromatic nitrogens is 3. The quantitative estimate of drug-likeness (QED) is 0.435. The van der Waals surface area contributed by atoms with Gasteiger partial charge in [0, 0.05) is 5.56 Å². The molecule has 10 nitrogen and oxygen atoms in total. The van der Waals surface area contributed by atoms with Gasteiger partial charge in [-0.05, 0) is 12.5 Å². The second kappa shape index (κ2) is 9.15. The van der Waals surface area contributed by atoms with Gasteiger partial charge >= 0.3 is 5.88 Å². The molecule has 0 fully saturated rings. The highest BCUT2D eigenvalue weighted by molar-refractivity contribution is 8.00. The van der Waals surface area contributed by atoms with Crippen LogP contribution in [0.1, 0.15) is 16.7 Å². The monoisotopic (exact) mass is 435 g/mol. The molecule has 0 unspecified atom stereocenters. The lowest BCUT2D eigenvalue weighted by Crippen LogP contribution is -2.53. The molecule has 3 rings (SSSR count). The summed E-state index contributed by atoms with van der Waals surface area (Å²) in [6.45, 7) is 1.94. The van der Waals surface area contributed by atoms with Crippen LogP contribution < -0.4 is 20.9 Å². The number of thioether (sulfide) groups is 1. The molecular formula is C20H19N8O2S+. The molecule has 0 atom stereocenters. The van der Waals surface area contributed by atoms with E-state index in [1.807, 2.05) is 37.3 Å². The minimum Gasteiger partial charge on any atom is -0.383 e. The average molecular weight is 435 g/mol. The summed E-state index contributed by atoms with van der Waals surface area (Å²) >= 11 is 1.04. The number of nitrogens with two attached hydrogens (primary N) is 1. The number of aryl methyl sites for hydroxylation is 1. The van der Waals surface area contributed by atoms with Crippen LogP contribution in [0.2, 0.25) is 0 Å². The molecule has 0 aliphatic rings. The van der Waals surface area contributed by atoms with Crippen LogP contribution in [0, 0.1) is 29.6 Å². The Morgan fingerprint density at radius 2 is 1.94 bits per heavy atom. The summed E-state index contributed by atoms with van der Waals surface area (Å²) in [5.74, 6) is -0.254. The Morgan fingerprint density at radius 3 is 2.52 bits per heavy atom. The van der Waals surface area contributed by atoms with E-state index in [-0.39, 0.29) is 39.5 Å². The van der Waals surface area contributed by atoms with Gasteiger partial charge in [0.05, 0.1) is 30.2 Å². The maximum atomic E-state index is 12.3. The fourth-order valence-corrected chi connectivity index (χ4v) is 3.50. The van der Waals surface area contributed by atoms with Crippen molar-refractivity contribution in [3.8, 4) is 23.3 Å². The van der Waals surface area contributed by atoms with Gasteiger partial charge in [-0.25, -0.2) is 4.98 Å². The van der Waals surface area contributed by atoms with Crippen molar-refractivity contribution < 1.29 is 14.1 Å². The first-order valence-electron chi connectivity index (χ1n) is 9.03. The first-order valence-corrected chi connectivity index (χ1v) is 10.0. The number of hydrogen-bond donors (Lipinski definition) is 2. The summed E-state index contributed by atoms with van der Waals surface area (Å²) in [5, 5.41) is 27.6. The molecule has 1 amide bonds. The maximum absolute atomic E-state index is 12.3. The number of amides is 1. The zero-order valence-electron chi connectivity index (χ0n) is 17.1. The molecule has 156 valence electrons. The molecule has 2 aromatic heterocycles. The van der Waals surface area contributed by atoms with E-state index >= 15 is 0 Å². The number of nitrogens with zero attached hydrogens (tertiary/aromatic N) is 6. The van der Waals surface area contributed by atoms with Crippen LogP contribution in [0.5, 0.6) is 0 Å². The number of nitriles is 2. The van der Waals surface area contributed by atoms with E-state index in [2.05, 4.69) is 21.6 Å². The molecule has 0 radical (unpaired) electrons. The third-order valence-electron chi connectivity index (χ3n) is 4.22. The van der Waals surface area contributed by atoms with Crippen molar-refractivity contribution in [3.05, 3.63) is 47.2 Å². The molecule has 0 saturated carbocycles. The van der Waals surface area contributed by atoms with E-state index in [0.717, 1.165) is 17.3 Å². The van der Waals surface area contributed by atoms with E-state index in [0.29, 0.717) is 11.1 Å². The molecule has 31 heavy (non-hydrogen) atoms. The molecule has 0 aliphatic carbocycles. The van der Waals surface area contributed by atoms with Crippen molar-refractivity contribution in [2.75, 3.05) is 35.9 Å². The van der Waals surface area contributed by atoms with Gasteiger partial charge in [-0.3, -0.25) is 14.6 Å². The first kappa shape index (κ1) is 21.6. The van der Waals surface area contributed by atoms with E-state index in [1.54, 1.807) is 19.1 Å². The van der Waals surface area contributed by atoms with Gasteiger partial charge in [-0.1, -0.05) is 41.6 Å². The van der Waals surface area contributed by atoms with Crippen molar-refractivity contribution in [2.45, 2.75) is 11.9 Å². The molecular weight excluding hydrogens is 416 g/mol. The lowest BCUT2D eigenvalue weighted by Gasteiger charge is -2.13. The molecule has 0 bridgehead atoms. The fraction of sp³-hybridized carbons (Fsp3) is 0.200. The topological polar surface area (TPSA) is 149 Å². The average Bonchev–Trinajstić information content (AvgIpc) is 3.21. The van der Waals surface area contributed by atoms with Crippen molar-refractivity contribution in [1.82, 2.24) is 10.3 Å². The Morgan fingerprint density at radius 1 is 1.26 bits per heavy atom. The zero-order valence-corrected chi connectivity index (χ0v) is 17.9. The Hall–Kier alpha value is -4.09. The SMILES string of the molecule is Cc1ccc(-c2c(C#N)c(N)nc(SCC(=O)Nc3c[n+](N(C)C)no3)c2C#N)cc1. The number of pyridine rings is 1. The molecule has 1 aromatic carbocycles. The summed E-state index contributed by atoms with van der Waals surface area (Å²) in [7, 11) is 3.53. The Kier molecular flexibility index (Phi) is 6.38. The Labute approximate surface area is 182 Å². The smallest absolute Gasteiger partial charge is 0.305 e. The number of nitrogens with one attached hydrogen (secondary N) is 1. The number of anilines is 2. The molecule has 0 saturated heterocycles. The third-order valence-corrected chi connectivity index (χ3v) is 5.20. The lowest BCUT2D eigenvalue weighted by atomic mass is 9.96. The first-order chi connectivity index (χ1) is 14.8. The van der Waals surface area contributed by atoms with Crippen molar-refractivity contribution >= 4 is 29.4 Å². The van der Waals surface area contributed by atoms with Crippen LogP contribution >= 0.6 is 11.8 Å². The van der Waals surface area contributed by atoms with Gasteiger partial charge in [0.2, 0.25) is 11.2 Å². The summed E-state index contributed by atoms with van der Waals surface area (Å²) < 4.78 is 5.04. The molecule has 11 heteroatoms. The minimum absolute atomic E-state index is 0.00208. The van der Waals surface area contributed by atoms with Crippen molar-refractivity contribution in [3.63, 3.8) is 0 Å². The highest BCUT2D eigenvalue weighted by Crippen LogP contribution is 2.35. The summed E-state index contributed by atoms with van der Waals surface area (Å²) in [5.41, 5.74) is 8.44. The minimum atomic E-state index is -0.377. The van der Waals surface area contributed by atoms with Crippen LogP contribution in [-0.4, -0.2) is 36.0 Å². The van der Waals surface area contributed by atoms with Crippen molar-refractivity contribution in [2.24, 2.45) is 0 Å². The predicted octanol–water partition coefficient (Wildman–Crippen LogP) is 1.59. The highest BCUT2D eigenvalue weighted by atomic mass is 32.2. The van der Waals surface area contributed by atoms with Crippen LogP contribution in [0.3, 0.4) is 0 Å². The van der Waals surface area contributed by atoms with Gasteiger partial charge < -0.3 is 5.73 Å². The number of benzene rings is 1. The summed E-state index contributed by atoms with van der Waals surface area (Å²) in [4.78, 5) is 17.9. The predicted molar refractivity (Wildman–Crippen MR) is 114 cm³/mol. The van der Waals surface area contributed by atoms with Gasteiger partial charge in [-0.15, -0.1) is 0 Å². The fourth-order valence-electron chi connectivity index (χ4n) is 2.70. The molecule has 0 aliphatic heterocycles. The maximum Gasteiger partial charge on any atom is 0.305 e. The zero-order chi connectivity index (χ0) is 22.5. The van der Waals surface area contributed by atoms with Gasteiger partial charge in [0.1, 0.15) is 28.5 Å². The largest absolute Gasteiger partial charge is 0.383 e. The van der Waals surface area contributed by atoms with E-state index in [4.69, 9.17) is 10.3 Å². The standard InChI is InChI=1S/C20H18N8O2S/c1-12-4-6-13(7-5-12)18-14(8-21)19(23)25-20(15(18)9-22)31-11-16(29)24-17-10-28(26-30-17)27(2)3/h4-7,10H,11H2,1-3H3,(H2-,23,24,25,26,29)/p+1. The summed E-state index contributed by atoms with van der Waals surface area (Å²) in [6, 6.07) is 11.5. The van der Waals surface area contributed by atoms with Gasteiger partial charge in [-0.2, -0.15) is 15.5 Å². The lowest BCUT2D eigenvalue weighted by molar-refractivity contribution is -0.753. The molecule has 3 aromatic rings. The van der Waals surface area contributed by atoms with E-state index in [9.17, 15) is 15.3 Å². The molecule has 0 spiro atoms. The molecule has 2 heterocycles. The number of nitrogen functional groups attached to an aromatic ring is 1. The normalized spacial score (nSPS) is 10.2. The second-order valence-electron chi connectivity index (χ2n) is 6.69. The number of hydrogen-bond acceptors (Lipinski definition) is 9. The molecule has 3 N–H and O–H groups in total. The third kappa shape index (κ3) is 4.74. The van der Waals surface area contributed by atoms with Crippen LogP contribution in [0.25, 0.3) is 11.1 Å². The number of rotatable bonds is 6.